The molecule has 0 fully saturated rings. The maximum Gasteiger partial charge on any atom is 1.00 e. The van der Waals surface area contributed by atoms with Gasteiger partial charge in [-0.25, -0.2) is 9.97 Å². The Morgan fingerprint density at radius 1 is 0.672 bits per heavy atom. The van der Waals surface area contributed by atoms with Crippen LogP contribution in [0.5, 0.6) is 6.01 Å². The van der Waals surface area contributed by atoms with Crippen LogP contribution in [0.2, 0.25) is 0 Å². The van der Waals surface area contributed by atoms with Gasteiger partial charge in [0.1, 0.15) is 0 Å². The fraction of sp³-hybridized carbons (Fsp3) is 0.370. The van der Waals surface area contributed by atoms with Gasteiger partial charge in [-0.2, -0.15) is 24.5 Å². The summed E-state index contributed by atoms with van der Waals surface area (Å²) in [7, 11) is 7.31. The van der Waals surface area contributed by atoms with E-state index in [4.69, 9.17) is 11.5 Å². The van der Waals surface area contributed by atoms with Gasteiger partial charge in [0.15, 0.2) is 28.1 Å². The number of nitrogens with zero attached hydrogens (tertiary/aromatic N) is 17. The molecule has 0 saturated heterocycles. The molecule has 24 nitrogen and oxygen atoms in total. The predicted molar refractivity (Wildman–Crippen MR) is 183 cm³/mol. The van der Waals surface area contributed by atoms with E-state index in [1.165, 1.54) is 4.90 Å². The van der Waals surface area contributed by atoms with Gasteiger partial charge < -0.3 is 46.2 Å². The normalized spacial score (nSPS) is 11.2. The number of aliphatic carboxylic acids is 2. The minimum Gasteiger partial charge on any atom is -0.844 e. The van der Waals surface area contributed by atoms with Crippen molar-refractivity contribution in [2.24, 2.45) is 20.5 Å². The standard InChI is InChI=1S/C27H33N19O5S2.5K/c1-26(2,3)15-13(33-35-22-37-39-24(52-22)43(7)8)17(28)45(41-15)19-30-20(32-21(51)31-19)46-18(29)14(16(42-46)27(4,5)6)34-36-23-38-40-25(53-23)44(9-11(47)48)10-12(49)50;;;;;/h7-10,28-29H2,1-6H3,(H,47,48)(H,49,50)(H,30,31,32,51);;;;;/q-2;5*+1/p-3. The Morgan fingerprint density at radius 3 is 1.40 bits per heavy atom. The van der Waals surface area contributed by atoms with Crippen LogP contribution in [0.15, 0.2) is 20.5 Å². The van der Waals surface area contributed by atoms with Crippen molar-refractivity contribution in [3.63, 3.8) is 0 Å². The molecule has 0 aliphatic carbocycles. The van der Waals surface area contributed by atoms with Crippen LogP contribution >= 0.6 is 22.7 Å². The molecule has 5 rings (SSSR count). The van der Waals surface area contributed by atoms with E-state index >= 15 is 0 Å². The maximum absolute atomic E-state index is 12.9. The fourth-order valence-electron chi connectivity index (χ4n) is 4.32. The molecule has 0 bridgehead atoms. The number of azo groups is 2. The minimum absolute atomic E-state index is 0. The molecule has 58 heavy (non-hydrogen) atoms. The molecular weight excluding hydrogens is 930 g/mol. The van der Waals surface area contributed by atoms with Crippen molar-refractivity contribution < 1.29 is 282 Å². The van der Waals surface area contributed by atoms with Crippen LogP contribution < -0.4 is 294 Å². The van der Waals surface area contributed by atoms with Gasteiger partial charge in [0.25, 0.3) is 22.2 Å². The van der Waals surface area contributed by atoms with Gasteiger partial charge in [-0.15, -0.1) is 40.9 Å². The topological polar surface area (TPSA) is 337 Å². The summed E-state index contributed by atoms with van der Waals surface area (Å²) >= 11 is 1.84. The molecular formula is C27H30K5N19O5S2. The summed E-state index contributed by atoms with van der Waals surface area (Å²) in [5.74, 6) is -3.85. The van der Waals surface area contributed by atoms with Gasteiger partial charge in [-0.1, -0.05) is 64.2 Å². The molecule has 280 valence electrons. The average molecular weight is 960 g/mol. The largest absolute Gasteiger partial charge is 1.00 e. The average Bonchev–Trinajstić information content (AvgIpc) is 3.83. The molecule has 0 saturated carbocycles. The molecule has 4 N–H and O–H groups in total. The second-order valence-electron chi connectivity index (χ2n) is 13.0. The zero-order valence-corrected chi connectivity index (χ0v) is 51.2. The van der Waals surface area contributed by atoms with E-state index in [0.29, 0.717) is 16.5 Å². The SMILES string of the molecule is [CH2-]N([CH2-])c1nnc(N=Nc2c(C(C)(C)C)nn(-c3nc([O-])nc(-n4nc(C(C)(C)C)c(N=Nc5nnc(N(CC(=O)[O-])CC(=O)[O-])s5)c4N)n3)c2N)s1.[K+].[K+].[K+].[K+].[K+]. The summed E-state index contributed by atoms with van der Waals surface area (Å²) < 4.78 is 2.18. The Bertz CT molecular complexity index is 2230. The quantitative estimate of drug-likeness (QED) is 0.0666. The summed E-state index contributed by atoms with van der Waals surface area (Å²) in [6.07, 6.45) is 0. The molecule has 0 radical (unpaired) electrons. The van der Waals surface area contributed by atoms with E-state index in [2.05, 4.69) is 80.1 Å². The predicted octanol–water partition coefficient (Wildman–Crippen LogP) is -14.7. The van der Waals surface area contributed by atoms with Crippen molar-refractivity contribution in [3.05, 3.63) is 25.5 Å². The van der Waals surface area contributed by atoms with E-state index in [1.54, 1.807) is 0 Å². The third kappa shape index (κ3) is 15.5. The smallest absolute Gasteiger partial charge is 0.844 e. The first-order valence-electron chi connectivity index (χ1n) is 15.0. The summed E-state index contributed by atoms with van der Waals surface area (Å²) in [5.41, 5.74) is 12.6. The fourth-order valence-corrected chi connectivity index (χ4v) is 5.53. The Morgan fingerprint density at radius 2 is 1.05 bits per heavy atom. The maximum atomic E-state index is 12.9. The summed E-state index contributed by atoms with van der Waals surface area (Å²) in [6, 6.07) is -0.970. The van der Waals surface area contributed by atoms with Gasteiger partial charge in [0, 0.05) is 10.8 Å². The van der Waals surface area contributed by atoms with Gasteiger partial charge in [0.2, 0.25) is 5.13 Å². The first-order chi connectivity index (χ1) is 24.7. The zero-order valence-electron chi connectivity index (χ0n) is 33.9. The molecule has 0 unspecified atom stereocenters. The van der Waals surface area contributed by atoms with Crippen LogP contribution in [0.25, 0.3) is 11.9 Å². The number of carboxylic acids is 2. The molecule has 0 atom stereocenters. The Hall–Kier alpha value is 1.87. The number of nitrogens with two attached hydrogens (primary N) is 2. The Balaban J connectivity index is 0.00000650. The molecule has 0 spiro atoms. The van der Waals surface area contributed by atoms with Crippen LogP contribution in [0, 0.1) is 14.1 Å². The van der Waals surface area contributed by atoms with Gasteiger partial charge in [-0.3, -0.25) is 14.1 Å². The second kappa shape index (κ2) is 25.5. The van der Waals surface area contributed by atoms with Crippen molar-refractivity contribution in [1.29, 1.82) is 0 Å². The molecule has 0 aliphatic heterocycles. The minimum atomic E-state index is -1.54. The Labute approximate surface area is 552 Å². The number of nitrogen functional groups attached to an aromatic ring is 2. The van der Waals surface area contributed by atoms with E-state index in [0.717, 1.165) is 36.9 Å². The molecule has 5 aromatic heterocycles. The number of carbonyl (C=O) groups excluding carboxylic acids is 2. The molecule has 0 aromatic carbocycles. The molecule has 5 aromatic rings. The van der Waals surface area contributed by atoms with Crippen LogP contribution in [-0.4, -0.2) is 79.9 Å². The molecule has 0 aliphatic rings. The zero-order chi connectivity index (χ0) is 39.0. The Kier molecular flexibility index (Phi) is 26.4. The first kappa shape index (κ1) is 59.9. The van der Waals surface area contributed by atoms with Crippen molar-refractivity contribution in [3.8, 4) is 17.9 Å². The van der Waals surface area contributed by atoms with Crippen molar-refractivity contribution in [2.45, 2.75) is 52.4 Å². The van der Waals surface area contributed by atoms with Gasteiger partial charge in [0.05, 0.1) is 42.4 Å². The summed E-state index contributed by atoms with van der Waals surface area (Å²) in [4.78, 5) is 36.6. The van der Waals surface area contributed by atoms with E-state index < -0.39 is 41.9 Å². The third-order valence-corrected chi connectivity index (χ3v) is 8.38. The number of hydrogen-bond donors (Lipinski definition) is 2. The second-order valence-corrected chi connectivity index (χ2v) is 14.8. The number of aromatic nitrogens is 11. The number of rotatable bonds is 12. The monoisotopic (exact) mass is 959 g/mol. The van der Waals surface area contributed by atoms with Gasteiger partial charge in [-0.05, 0) is 0 Å². The molecule has 0 amide bonds. The van der Waals surface area contributed by atoms with E-state index in [9.17, 15) is 24.9 Å². The van der Waals surface area contributed by atoms with Crippen LogP contribution in [0.4, 0.5) is 43.5 Å². The first-order valence-corrected chi connectivity index (χ1v) is 16.6. The van der Waals surface area contributed by atoms with Crippen molar-refractivity contribution in [2.75, 3.05) is 34.4 Å². The van der Waals surface area contributed by atoms with Crippen LogP contribution in [0.1, 0.15) is 52.9 Å². The van der Waals surface area contributed by atoms with Crippen LogP contribution in [0.3, 0.4) is 0 Å². The van der Waals surface area contributed by atoms with Crippen LogP contribution in [-0.2, 0) is 20.4 Å². The van der Waals surface area contributed by atoms with E-state index in [-0.39, 0.29) is 307 Å². The summed E-state index contributed by atoms with van der Waals surface area (Å²) in [6.45, 7) is 9.51. The van der Waals surface area contributed by atoms with E-state index in [1.807, 2.05) is 41.5 Å². The number of carbonyl (C=O) groups is 2. The third-order valence-electron chi connectivity index (χ3n) is 6.64. The number of hydrogen-bond acceptors (Lipinski definition) is 24. The summed E-state index contributed by atoms with van der Waals surface area (Å²) in [5, 5.41) is 76.9. The molecule has 5 heterocycles. The van der Waals surface area contributed by atoms with Crippen molar-refractivity contribution in [1.82, 2.24) is 54.9 Å². The number of carboxylic acid groups (broad SMARTS) is 2. The number of anilines is 4. The van der Waals surface area contributed by atoms with Crippen molar-refractivity contribution >= 4 is 78.1 Å². The van der Waals surface area contributed by atoms with Gasteiger partial charge >= 0.3 is 257 Å². The molecule has 31 heteroatoms.